The van der Waals surface area contributed by atoms with E-state index in [4.69, 9.17) is 22.3 Å². The first-order valence-corrected chi connectivity index (χ1v) is 7.72. The van der Waals surface area contributed by atoms with E-state index in [-0.39, 0.29) is 0 Å². The minimum Gasteiger partial charge on any atom is -0.330 e. The molecule has 2 aliphatic rings. The number of rotatable bonds is 2. The van der Waals surface area contributed by atoms with Gasteiger partial charge in [-0.05, 0) is 43.9 Å². The molecule has 0 aromatic heterocycles. The second kappa shape index (κ2) is 5.24. The molecule has 2 N–H and O–H groups in total. The average Bonchev–Trinajstić information content (AvgIpc) is 2.81. The highest BCUT2D eigenvalue weighted by molar-refractivity contribution is 8.15. The maximum absolute atomic E-state index is 6.04. The van der Waals surface area contributed by atoms with Gasteiger partial charge in [0.2, 0.25) is 0 Å². The molecule has 0 bridgehead atoms. The van der Waals surface area contributed by atoms with Gasteiger partial charge in [0.15, 0.2) is 0 Å². The van der Waals surface area contributed by atoms with Crippen LogP contribution in [-0.4, -0.2) is 22.9 Å². The summed E-state index contributed by atoms with van der Waals surface area (Å²) in [5.74, 6) is 0.688. The van der Waals surface area contributed by atoms with Crippen molar-refractivity contribution in [2.45, 2.75) is 30.6 Å². The summed E-state index contributed by atoms with van der Waals surface area (Å²) >= 11 is 7.95. The van der Waals surface area contributed by atoms with Crippen LogP contribution in [0.5, 0.6) is 0 Å². The van der Waals surface area contributed by atoms with E-state index in [1.807, 2.05) is 30.0 Å². The first kappa shape index (κ1) is 12.5. The Labute approximate surface area is 117 Å². The molecule has 0 radical (unpaired) electrons. The smallest absolute Gasteiger partial charge is 0.0984 e. The minimum atomic E-state index is 0.492. The van der Waals surface area contributed by atoms with Crippen molar-refractivity contribution >= 4 is 28.4 Å². The van der Waals surface area contributed by atoms with E-state index in [0.717, 1.165) is 22.2 Å². The second-order valence-corrected chi connectivity index (χ2v) is 6.75. The monoisotopic (exact) mass is 280 g/mol. The third-order valence-corrected chi connectivity index (χ3v) is 5.43. The van der Waals surface area contributed by atoms with Crippen LogP contribution in [0, 0.1) is 5.92 Å². The maximum atomic E-state index is 6.04. The predicted octanol–water partition coefficient (Wildman–Crippen LogP) is 3.33. The summed E-state index contributed by atoms with van der Waals surface area (Å²) < 4.78 is 0. The Hall–Kier alpha value is -0.510. The number of thioether (sulfide) groups is 1. The predicted molar refractivity (Wildman–Crippen MR) is 79.6 cm³/mol. The van der Waals surface area contributed by atoms with Crippen molar-refractivity contribution in [2.24, 2.45) is 16.6 Å². The van der Waals surface area contributed by atoms with Crippen molar-refractivity contribution in [3.05, 3.63) is 34.9 Å². The Morgan fingerprint density at radius 1 is 1.39 bits per heavy atom. The lowest BCUT2D eigenvalue weighted by Crippen LogP contribution is -2.31. The van der Waals surface area contributed by atoms with Gasteiger partial charge in [0.05, 0.1) is 11.1 Å². The molecule has 2 nitrogen and oxygen atoms in total. The van der Waals surface area contributed by atoms with Gasteiger partial charge in [0.25, 0.3) is 0 Å². The standard InChI is InChI=1S/C14H17ClN2S/c15-11-3-1-2-10(7-11)14-17-12-5-4-9(8-16)6-13(12)18-14/h1-3,7,9,12-13H,4-6,8,16H2. The zero-order valence-electron chi connectivity index (χ0n) is 10.2. The quantitative estimate of drug-likeness (QED) is 0.902. The lowest BCUT2D eigenvalue weighted by Gasteiger charge is -2.28. The van der Waals surface area contributed by atoms with Crippen LogP contribution in [0.3, 0.4) is 0 Å². The van der Waals surface area contributed by atoms with Gasteiger partial charge in [-0.2, -0.15) is 0 Å². The van der Waals surface area contributed by atoms with Gasteiger partial charge in [0.1, 0.15) is 0 Å². The van der Waals surface area contributed by atoms with E-state index in [1.165, 1.54) is 19.3 Å². The Morgan fingerprint density at radius 2 is 2.28 bits per heavy atom. The highest BCUT2D eigenvalue weighted by Gasteiger charge is 2.35. The topological polar surface area (TPSA) is 38.4 Å². The molecule has 0 spiro atoms. The van der Waals surface area contributed by atoms with Gasteiger partial charge in [-0.15, -0.1) is 11.8 Å². The van der Waals surface area contributed by atoms with Crippen LogP contribution in [0.2, 0.25) is 5.02 Å². The molecule has 96 valence electrons. The van der Waals surface area contributed by atoms with Gasteiger partial charge < -0.3 is 5.73 Å². The first-order valence-electron chi connectivity index (χ1n) is 6.46. The normalized spacial score (nSPS) is 31.0. The van der Waals surface area contributed by atoms with Crippen molar-refractivity contribution in [1.82, 2.24) is 0 Å². The van der Waals surface area contributed by atoms with Crippen LogP contribution in [0.15, 0.2) is 29.3 Å². The van der Waals surface area contributed by atoms with E-state index in [0.29, 0.717) is 17.2 Å². The SMILES string of the molecule is NCC1CCC2N=C(c3cccc(Cl)c3)SC2C1. The Morgan fingerprint density at radius 3 is 3.06 bits per heavy atom. The van der Waals surface area contributed by atoms with Crippen molar-refractivity contribution in [2.75, 3.05) is 6.54 Å². The van der Waals surface area contributed by atoms with Crippen LogP contribution in [0.25, 0.3) is 0 Å². The third kappa shape index (κ3) is 2.44. The third-order valence-electron chi connectivity index (χ3n) is 3.82. The molecule has 3 atom stereocenters. The summed E-state index contributed by atoms with van der Waals surface area (Å²) in [6, 6.07) is 8.49. The highest BCUT2D eigenvalue weighted by atomic mass is 35.5. The summed E-state index contributed by atoms with van der Waals surface area (Å²) in [5, 5.41) is 2.57. The number of aliphatic imine (C=N–C) groups is 1. The summed E-state index contributed by atoms with van der Waals surface area (Å²) in [5.41, 5.74) is 6.95. The van der Waals surface area contributed by atoms with Crippen LogP contribution in [0.1, 0.15) is 24.8 Å². The molecule has 0 amide bonds. The number of hydrogen-bond acceptors (Lipinski definition) is 3. The van der Waals surface area contributed by atoms with Crippen LogP contribution in [0.4, 0.5) is 0 Å². The van der Waals surface area contributed by atoms with E-state index < -0.39 is 0 Å². The van der Waals surface area contributed by atoms with Gasteiger partial charge in [-0.1, -0.05) is 23.7 Å². The number of hydrogen-bond donors (Lipinski definition) is 1. The lowest BCUT2D eigenvalue weighted by atomic mass is 9.86. The number of fused-ring (bicyclic) bond motifs is 1. The van der Waals surface area contributed by atoms with Crippen molar-refractivity contribution in [1.29, 1.82) is 0 Å². The van der Waals surface area contributed by atoms with Gasteiger partial charge in [-0.3, -0.25) is 4.99 Å². The number of benzene rings is 1. The Bertz CT molecular complexity index is 475. The van der Waals surface area contributed by atoms with Crippen LogP contribution in [-0.2, 0) is 0 Å². The molecule has 1 heterocycles. The molecular formula is C14H17ClN2S. The zero-order valence-corrected chi connectivity index (χ0v) is 11.8. The lowest BCUT2D eigenvalue weighted by molar-refractivity contribution is 0.347. The fraction of sp³-hybridized carbons (Fsp3) is 0.500. The molecule has 1 saturated carbocycles. The molecule has 18 heavy (non-hydrogen) atoms. The van der Waals surface area contributed by atoms with Gasteiger partial charge >= 0.3 is 0 Å². The van der Waals surface area contributed by atoms with E-state index in [2.05, 4.69) is 6.07 Å². The molecular weight excluding hydrogens is 264 g/mol. The average molecular weight is 281 g/mol. The summed E-state index contributed by atoms with van der Waals surface area (Å²) in [6.07, 6.45) is 3.62. The van der Waals surface area contributed by atoms with Crippen molar-refractivity contribution < 1.29 is 0 Å². The molecule has 1 aliphatic heterocycles. The minimum absolute atomic E-state index is 0.492. The van der Waals surface area contributed by atoms with E-state index >= 15 is 0 Å². The number of nitrogens with zero attached hydrogens (tertiary/aromatic N) is 1. The maximum Gasteiger partial charge on any atom is 0.0984 e. The molecule has 1 fully saturated rings. The van der Waals surface area contributed by atoms with Gasteiger partial charge in [-0.25, -0.2) is 0 Å². The van der Waals surface area contributed by atoms with E-state index in [9.17, 15) is 0 Å². The molecule has 1 aromatic rings. The highest BCUT2D eigenvalue weighted by Crippen LogP contribution is 2.41. The second-order valence-electron chi connectivity index (χ2n) is 5.08. The Balaban J connectivity index is 1.77. The van der Waals surface area contributed by atoms with Crippen molar-refractivity contribution in [3.8, 4) is 0 Å². The molecule has 1 aromatic carbocycles. The number of nitrogens with two attached hydrogens (primary N) is 1. The molecule has 0 saturated heterocycles. The molecule has 3 rings (SSSR count). The Kier molecular flexibility index (Phi) is 3.64. The summed E-state index contributed by atoms with van der Waals surface area (Å²) in [6.45, 7) is 0.816. The fourth-order valence-electron chi connectivity index (χ4n) is 2.77. The van der Waals surface area contributed by atoms with E-state index in [1.54, 1.807) is 0 Å². The van der Waals surface area contributed by atoms with Gasteiger partial charge in [0, 0.05) is 15.8 Å². The summed E-state index contributed by atoms with van der Waals surface area (Å²) in [7, 11) is 0. The van der Waals surface area contributed by atoms with Crippen molar-refractivity contribution in [3.63, 3.8) is 0 Å². The fourth-order valence-corrected chi connectivity index (χ4v) is 4.43. The molecule has 4 heteroatoms. The molecule has 1 aliphatic carbocycles. The zero-order chi connectivity index (χ0) is 12.5. The largest absolute Gasteiger partial charge is 0.330 e. The number of halogens is 1. The van der Waals surface area contributed by atoms with Crippen LogP contribution >= 0.6 is 23.4 Å². The summed E-state index contributed by atoms with van der Waals surface area (Å²) in [4.78, 5) is 4.87. The first-order chi connectivity index (χ1) is 8.76. The van der Waals surface area contributed by atoms with Crippen LogP contribution < -0.4 is 5.73 Å². The molecule has 3 unspecified atom stereocenters.